The van der Waals surface area contributed by atoms with Gasteiger partial charge in [-0.3, -0.25) is 9.59 Å². The Morgan fingerprint density at radius 2 is 0.866 bits per heavy atom. The summed E-state index contributed by atoms with van der Waals surface area (Å²) in [6.07, 6.45) is -1.95. The second-order valence-electron chi connectivity index (χ2n) is 19.1. The molecule has 0 spiro atoms. The quantitative estimate of drug-likeness (QED) is 0.118. The molecule has 0 bridgehead atoms. The molecule has 0 saturated carbocycles. The molecule has 2 amide bonds. The summed E-state index contributed by atoms with van der Waals surface area (Å²) in [4.78, 5) is 57.7. The van der Waals surface area contributed by atoms with Crippen molar-refractivity contribution in [3.8, 4) is 46.2 Å². The first-order chi connectivity index (χ1) is 39.4. The maximum absolute atomic E-state index is 13.6. The van der Waals surface area contributed by atoms with Crippen molar-refractivity contribution in [3.63, 3.8) is 0 Å². The molecule has 0 N–H and O–H groups in total. The summed E-state index contributed by atoms with van der Waals surface area (Å²) in [5.41, 5.74) is 4.28. The fourth-order valence-corrected chi connectivity index (χ4v) is 9.81. The highest BCUT2D eigenvalue weighted by Gasteiger charge is 2.39. The molecule has 82 heavy (non-hydrogen) atoms. The predicted octanol–water partition coefficient (Wildman–Crippen LogP) is 10.2. The summed E-state index contributed by atoms with van der Waals surface area (Å²) in [5, 5.41) is 9.30. The van der Waals surface area contributed by atoms with E-state index in [0.29, 0.717) is 93.2 Å². The van der Waals surface area contributed by atoms with Crippen LogP contribution in [0.15, 0.2) is 159 Å². The lowest BCUT2D eigenvalue weighted by atomic mass is 9.99. The van der Waals surface area contributed by atoms with Gasteiger partial charge in [-0.1, -0.05) is 60.7 Å². The van der Waals surface area contributed by atoms with E-state index in [1.54, 1.807) is 102 Å². The van der Waals surface area contributed by atoms with Crippen LogP contribution in [0.4, 0.5) is 26.3 Å². The molecule has 12 rings (SSSR count). The number of aromatic nitrogens is 12. The van der Waals surface area contributed by atoms with E-state index < -0.39 is 35.6 Å². The van der Waals surface area contributed by atoms with E-state index in [-0.39, 0.29) is 24.9 Å². The number of hydrogen-bond donors (Lipinski definition) is 0. The predicted molar refractivity (Wildman–Crippen MR) is 285 cm³/mol. The molecule has 18 nitrogen and oxygen atoms in total. The van der Waals surface area contributed by atoms with Gasteiger partial charge in [0.1, 0.15) is 34.8 Å². The minimum Gasteiger partial charge on any atom is -0.479 e. The molecular weight excluding hydrogens is 1070 g/mol. The Kier molecular flexibility index (Phi) is 14.4. The molecule has 0 radical (unpaired) electrons. The first kappa shape index (κ1) is 54.0. The molecule has 2 aliphatic heterocycles. The fourth-order valence-electron chi connectivity index (χ4n) is 9.81. The van der Waals surface area contributed by atoms with E-state index in [9.17, 15) is 35.9 Å². The third kappa shape index (κ3) is 10.8. The Labute approximate surface area is 463 Å². The van der Waals surface area contributed by atoms with Gasteiger partial charge in [-0.2, -0.15) is 26.3 Å². The number of fused-ring (bicyclic) bond motifs is 2. The summed E-state index contributed by atoms with van der Waals surface area (Å²) in [6.45, 7) is 5.02. The van der Waals surface area contributed by atoms with Gasteiger partial charge in [0, 0.05) is 36.6 Å². The summed E-state index contributed by atoms with van der Waals surface area (Å²) >= 11 is 0. The highest BCUT2D eigenvalue weighted by molar-refractivity contribution is 5.95. The molecule has 0 unspecified atom stereocenters. The number of imidazole rings is 2. The molecule has 24 heteroatoms. The SMILES string of the molecule is COc1nc(-c2nc3n(n2)CCN(C(=O)c2ccccc2)[C@@H]3c2ccc(C(F)(F)F)cc2)ccc1-n1cnc(C)c1.COc1nc(-c2nc3n(n2)CCN(C(=O)c2ccccc2)[C@H]3c2ccc(C(F)(F)F)cc2)ccc1-n1cnc(C)c1. The number of carbonyl (C=O) groups excluding carboxylic acids is 2. The number of carbonyl (C=O) groups is 2. The van der Waals surface area contributed by atoms with Crippen LogP contribution in [0.1, 0.15) is 78.1 Å². The summed E-state index contributed by atoms with van der Waals surface area (Å²) < 4.78 is 97.8. The van der Waals surface area contributed by atoms with Gasteiger partial charge in [-0.15, -0.1) is 10.2 Å². The number of hydrogen-bond acceptors (Lipinski definition) is 12. The number of ether oxygens (including phenoxy) is 2. The van der Waals surface area contributed by atoms with Crippen LogP contribution in [-0.4, -0.2) is 108 Å². The first-order valence-corrected chi connectivity index (χ1v) is 25.5. The lowest BCUT2D eigenvalue weighted by Crippen LogP contribution is -2.43. The monoisotopic (exact) mass is 1120 g/mol. The Morgan fingerprint density at radius 1 is 0.488 bits per heavy atom. The van der Waals surface area contributed by atoms with Gasteiger partial charge in [0.05, 0.1) is 62.5 Å². The zero-order chi connectivity index (χ0) is 57.5. The number of amides is 2. The zero-order valence-electron chi connectivity index (χ0n) is 44.2. The van der Waals surface area contributed by atoms with Crippen molar-refractivity contribution in [3.05, 3.63) is 215 Å². The second kappa shape index (κ2) is 21.9. The largest absolute Gasteiger partial charge is 0.479 e. The minimum atomic E-state index is -4.48. The number of pyridine rings is 2. The number of halogens is 6. The maximum Gasteiger partial charge on any atom is 0.416 e. The van der Waals surface area contributed by atoms with Crippen molar-refractivity contribution in [2.75, 3.05) is 27.3 Å². The van der Waals surface area contributed by atoms with E-state index in [0.717, 1.165) is 35.7 Å². The van der Waals surface area contributed by atoms with Crippen LogP contribution < -0.4 is 9.47 Å². The van der Waals surface area contributed by atoms with Crippen LogP contribution in [0, 0.1) is 13.8 Å². The van der Waals surface area contributed by atoms with Gasteiger partial charge in [0.2, 0.25) is 11.8 Å². The van der Waals surface area contributed by atoms with Crippen LogP contribution in [0.3, 0.4) is 0 Å². The van der Waals surface area contributed by atoms with Gasteiger partial charge in [0.25, 0.3) is 11.8 Å². The second-order valence-corrected chi connectivity index (χ2v) is 19.1. The summed E-state index contributed by atoms with van der Waals surface area (Å²) in [7, 11) is 3.03. The summed E-state index contributed by atoms with van der Waals surface area (Å²) in [6, 6.07) is 32.7. The first-order valence-electron chi connectivity index (χ1n) is 25.5. The third-order valence-corrected chi connectivity index (χ3v) is 13.8. The minimum absolute atomic E-state index is 0.258. The van der Waals surface area contributed by atoms with Crippen molar-refractivity contribution < 1.29 is 45.4 Å². The van der Waals surface area contributed by atoms with E-state index >= 15 is 0 Å². The standard InChI is InChI=1S/2C29H24F3N7O2/c2*1-18-16-37(17-33-18)23-13-12-22(34-27(23)41-2)25-35-26-24(19-8-10-21(11-9-19)29(30,31)32)38(14-15-39(26)36-25)28(40)20-6-4-3-5-7-20/h2*3-13,16-17,24H,14-15H2,1-2H3/t2*24-/m10/s1. The van der Waals surface area contributed by atoms with Crippen molar-refractivity contribution in [1.29, 1.82) is 0 Å². The average Bonchev–Trinajstić information content (AvgIpc) is 4.47. The molecule has 2 atom stereocenters. The molecular formula is C58H48F6N14O4. The molecule has 0 fully saturated rings. The average molecular weight is 1120 g/mol. The zero-order valence-corrected chi connectivity index (χ0v) is 44.2. The number of alkyl halides is 6. The smallest absolute Gasteiger partial charge is 0.416 e. The highest BCUT2D eigenvalue weighted by Crippen LogP contribution is 2.39. The lowest BCUT2D eigenvalue weighted by molar-refractivity contribution is -0.138. The Hall–Kier alpha value is -10.0. The Bertz CT molecular complexity index is 3680. The van der Waals surface area contributed by atoms with Gasteiger partial charge < -0.3 is 28.4 Å². The topological polar surface area (TPSA) is 182 Å². The Balaban J connectivity index is 0.000000172. The molecule has 416 valence electrons. The molecule has 4 aromatic carbocycles. The number of rotatable bonds is 10. The fraction of sp³-hybridized carbons (Fsp3) is 0.207. The summed E-state index contributed by atoms with van der Waals surface area (Å²) in [5.74, 6) is 1.61. The van der Waals surface area contributed by atoms with E-state index in [4.69, 9.17) is 19.4 Å². The molecule has 0 saturated heterocycles. The Morgan fingerprint density at radius 3 is 1.20 bits per heavy atom. The van der Waals surface area contributed by atoms with Crippen LogP contribution in [-0.2, 0) is 25.4 Å². The molecule has 0 aliphatic carbocycles. The lowest BCUT2D eigenvalue weighted by Gasteiger charge is -2.35. The number of benzene rings is 4. The van der Waals surface area contributed by atoms with Crippen molar-refractivity contribution in [1.82, 2.24) is 68.4 Å². The van der Waals surface area contributed by atoms with Crippen LogP contribution in [0.25, 0.3) is 34.4 Å². The number of aryl methyl sites for hydroxylation is 2. The number of nitrogens with zero attached hydrogens (tertiary/aromatic N) is 14. The highest BCUT2D eigenvalue weighted by atomic mass is 19.4. The van der Waals surface area contributed by atoms with E-state index in [1.165, 1.54) is 38.5 Å². The van der Waals surface area contributed by atoms with Gasteiger partial charge in [-0.25, -0.2) is 39.3 Å². The van der Waals surface area contributed by atoms with Crippen molar-refractivity contribution >= 4 is 11.8 Å². The molecule has 10 aromatic rings. The molecule has 2 aliphatic rings. The normalized spacial score (nSPS) is 15.0. The van der Waals surface area contributed by atoms with E-state index in [2.05, 4.69) is 30.1 Å². The van der Waals surface area contributed by atoms with Crippen LogP contribution in [0.2, 0.25) is 0 Å². The molecule has 6 aromatic heterocycles. The van der Waals surface area contributed by atoms with Crippen LogP contribution >= 0.6 is 0 Å². The van der Waals surface area contributed by atoms with Gasteiger partial charge >= 0.3 is 12.4 Å². The maximum atomic E-state index is 13.6. The molecule has 8 heterocycles. The van der Waals surface area contributed by atoms with Crippen molar-refractivity contribution in [2.45, 2.75) is 51.4 Å². The third-order valence-electron chi connectivity index (χ3n) is 13.8. The van der Waals surface area contributed by atoms with Crippen LogP contribution in [0.5, 0.6) is 11.8 Å². The van der Waals surface area contributed by atoms with Gasteiger partial charge in [0.15, 0.2) is 23.3 Å². The number of methoxy groups -OCH3 is 2. The van der Waals surface area contributed by atoms with Crippen molar-refractivity contribution in [2.24, 2.45) is 0 Å². The van der Waals surface area contributed by atoms with E-state index in [1.807, 2.05) is 50.5 Å². The van der Waals surface area contributed by atoms with Gasteiger partial charge in [-0.05, 0) is 97.8 Å².